The normalized spacial score (nSPS) is 27.8. The molecule has 0 radical (unpaired) electrons. The number of benzene rings is 2. The Morgan fingerprint density at radius 2 is 1.08 bits per heavy atom. The van der Waals surface area contributed by atoms with E-state index in [0.717, 1.165) is 0 Å². The van der Waals surface area contributed by atoms with E-state index in [0.29, 0.717) is 0 Å². The number of aliphatic hydroxyl groups is 1. The molecule has 1 N–H and O–H groups in total. The molecule has 2 fully saturated rings. The maximum atomic E-state index is 14.6. The Bertz CT molecular complexity index is 1630. The van der Waals surface area contributed by atoms with Gasteiger partial charge in [-0.25, -0.2) is 24.0 Å². The van der Waals surface area contributed by atoms with Crippen molar-refractivity contribution in [1.82, 2.24) is 0 Å². The van der Waals surface area contributed by atoms with Crippen LogP contribution in [0.1, 0.15) is 83.0 Å². The Morgan fingerprint density at radius 1 is 0.660 bits per heavy atom. The molecule has 2 aliphatic heterocycles. The molecule has 0 unspecified atom stereocenters. The molecule has 0 saturated carbocycles. The van der Waals surface area contributed by atoms with Gasteiger partial charge in [-0.2, -0.15) is 0 Å². The molecule has 4 rings (SSSR count). The lowest BCUT2D eigenvalue weighted by molar-refractivity contribution is -0.358. The first-order valence-corrected chi connectivity index (χ1v) is 15.8. The van der Waals surface area contributed by atoms with Crippen LogP contribution in [-0.4, -0.2) is 93.3 Å². The maximum Gasteiger partial charge on any atom is 0.347 e. The maximum absolute atomic E-state index is 14.6. The average molecular weight is 699 g/mol. The fourth-order valence-electron chi connectivity index (χ4n) is 5.42. The van der Waals surface area contributed by atoms with Crippen molar-refractivity contribution in [3.63, 3.8) is 0 Å². The lowest BCUT2D eigenvalue weighted by Crippen LogP contribution is -2.79. The van der Waals surface area contributed by atoms with E-state index in [9.17, 15) is 33.9 Å². The van der Waals surface area contributed by atoms with Gasteiger partial charge < -0.3 is 38.3 Å². The van der Waals surface area contributed by atoms with Crippen molar-refractivity contribution in [3.05, 3.63) is 71.8 Å². The minimum atomic E-state index is -3.63. The van der Waals surface area contributed by atoms with Crippen LogP contribution in [0.25, 0.3) is 0 Å². The van der Waals surface area contributed by atoms with Gasteiger partial charge in [0.25, 0.3) is 11.4 Å². The van der Waals surface area contributed by atoms with Gasteiger partial charge in [0.2, 0.25) is 17.8 Å². The summed E-state index contributed by atoms with van der Waals surface area (Å²) in [6.07, 6.45) is -7.30. The Balaban J connectivity index is 2.09. The Morgan fingerprint density at radius 3 is 1.50 bits per heavy atom. The molecule has 50 heavy (non-hydrogen) atoms. The van der Waals surface area contributed by atoms with E-state index in [1.54, 1.807) is 12.1 Å². The molecule has 2 heterocycles. The number of hydrogen-bond donors (Lipinski definition) is 1. The lowest BCUT2D eigenvalue weighted by Gasteiger charge is -2.50. The summed E-state index contributed by atoms with van der Waals surface area (Å²) in [6.45, 7) is 13.0. The van der Waals surface area contributed by atoms with E-state index in [-0.39, 0.29) is 17.4 Å². The minimum Gasteiger partial charge on any atom is -0.458 e. The van der Waals surface area contributed by atoms with Gasteiger partial charge in [0.05, 0.1) is 11.1 Å². The fraction of sp³-hybridized carbons (Fsp3) is 0.500. The first kappa shape index (κ1) is 38.1. The second-order valence-corrected chi connectivity index (χ2v) is 14.9. The van der Waals surface area contributed by atoms with Crippen LogP contribution in [0.4, 0.5) is 0 Å². The van der Waals surface area contributed by atoms with Gasteiger partial charge in [0, 0.05) is 0 Å². The predicted molar refractivity (Wildman–Crippen MR) is 171 cm³/mol. The first-order valence-electron chi connectivity index (χ1n) is 15.8. The summed E-state index contributed by atoms with van der Waals surface area (Å²) in [5.41, 5.74) is -11.2. The number of esters is 5. The highest BCUT2D eigenvalue weighted by Gasteiger charge is 2.88. The Kier molecular flexibility index (Phi) is 10.1. The van der Waals surface area contributed by atoms with Crippen molar-refractivity contribution in [2.45, 2.75) is 114 Å². The van der Waals surface area contributed by atoms with Gasteiger partial charge in [0.1, 0.15) is 16.8 Å². The molecule has 14 heteroatoms. The number of ether oxygens (including phenoxy) is 7. The van der Waals surface area contributed by atoms with E-state index in [2.05, 4.69) is 0 Å². The molecule has 2 aromatic rings. The van der Waals surface area contributed by atoms with E-state index in [1.807, 2.05) is 0 Å². The molecule has 2 aromatic carbocycles. The van der Waals surface area contributed by atoms with Crippen LogP contribution in [0.5, 0.6) is 0 Å². The molecule has 0 spiro atoms. The number of fused-ring (bicyclic) bond motifs is 2. The van der Waals surface area contributed by atoms with Crippen molar-refractivity contribution in [1.29, 1.82) is 0 Å². The fourth-order valence-corrected chi connectivity index (χ4v) is 5.42. The smallest absolute Gasteiger partial charge is 0.347 e. The van der Waals surface area contributed by atoms with Gasteiger partial charge in [-0.05, 0) is 86.6 Å². The number of carbonyl (C=O) groups is 6. The average Bonchev–Trinajstić information content (AvgIpc) is 3.24. The van der Waals surface area contributed by atoms with Gasteiger partial charge in [-0.1, -0.05) is 36.4 Å². The molecule has 2 bridgehead atoms. The number of rotatable bonds is 8. The summed E-state index contributed by atoms with van der Waals surface area (Å²) < 4.78 is 40.1. The molecule has 0 aliphatic carbocycles. The summed E-state index contributed by atoms with van der Waals surface area (Å²) in [7, 11) is 0. The number of carbonyl (C=O) groups excluding carboxylic acids is 6. The van der Waals surface area contributed by atoms with Crippen LogP contribution in [0.3, 0.4) is 0 Å². The SMILES string of the molecule is CC(C)(C)OC(=O)[C@H]1O[C@@]2(C=O)O[C@](C(=O)OC(C)(C)C)([C@H](OC(=O)c3ccccc3)[C@H]2OC(=O)c2ccccc2)[C@]1(O)C(=O)OC(C)(C)C. The van der Waals surface area contributed by atoms with Gasteiger partial charge in [-0.15, -0.1) is 0 Å². The zero-order valence-corrected chi connectivity index (χ0v) is 29.3. The molecule has 2 saturated heterocycles. The molecule has 2 aliphatic rings. The Labute approximate surface area is 289 Å². The van der Waals surface area contributed by atoms with Crippen molar-refractivity contribution in [2.24, 2.45) is 0 Å². The zero-order chi connectivity index (χ0) is 37.5. The molecular formula is C36H42O14. The van der Waals surface area contributed by atoms with Crippen LogP contribution in [0.15, 0.2) is 60.7 Å². The van der Waals surface area contributed by atoms with E-state index in [4.69, 9.17) is 33.2 Å². The molecule has 0 aromatic heterocycles. The summed E-state index contributed by atoms with van der Waals surface area (Å²) in [4.78, 5) is 83.5. The molecule has 14 nitrogen and oxygen atoms in total. The summed E-state index contributed by atoms with van der Waals surface area (Å²) in [5.74, 6) is -9.99. The Hall–Kier alpha value is -4.66. The monoisotopic (exact) mass is 698 g/mol. The molecule has 270 valence electrons. The van der Waals surface area contributed by atoms with E-state index < -0.39 is 82.0 Å². The van der Waals surface area contributed by atoms with Gasteiger partial charge in [-0.3, -0.25) is 4.79 Å². The van der Waals surface area contributed by atoms with Crippen LogP contribution in [0, 0.1) is 0 Å². The van der Waals surface area contributed by atoms with E-state index in [1.165, 1.54) is 111 Å². The van der Waals surface area contributed by atoms with Crippen molar-refractivity contribution >= 4 is 36.1 Å². The van der Waals surface area contributed by atoms with Crippen molar-refractivity contribution < 1.29 is 67.0 Å². The van der Waals surface area contributed by atoms with Gasteiger partial charge in [0.15, 0.2) is 12.4 Å². The third-order valence-corrected chi connectivity index (χ3v) is 7.32. The number of aldehydes is 1. The second-order valence-electron chi connectivity index (χ2n) is 14.9. The van der Waals surface area contributed by atoms with Crippen LogP contribution >= 0.6 is 0 Å². The van der Waals surface area contributed by atoms with Crippen molar-refractivity contribution in [3.8, 4) is 0 Å². The lowest BCUT2D eigenvalue weighted by atomic mass is 9.74. The second kappa shape index (κ2) is 13.2. The minimum absolute atomic E-state index is 0.0442. The van der Waals surface area contributed by atoms with Crippen LogP contribution in [0.2, 0.25) is 0 Å². The third kappa shape index (κ3) is 7.28. The summed E-state index contributed by atoms with van der Waals surface area (Å²) in [5, 5.41) is 12.8. The quantitative estimate of drug-likeness (QED) is 0.240. The predicted octanol–water partition coefficient (Wildman–Crippen LogP) is 3.26. The largest absolute Gasteiger partial charge is 0.458 e. The molecule has 6 atom stereocenters. The zero-order valence-electron chi connectivity index (χ0n) is 29.3. The topological polar surface area (TPSA) is 187 Å². The van der Waals surface area contributed by atoms with Gasteiger partial charge >= 0.3 is 29.8 Å². The molecule has 0 amide bonds. The third-order valence-electron chi connectivity index (χ3n) is 7.32. The highest BCUT2D eigenvalue weighted by Crippen LogP contribution is 2.56. The number of hydrogen-bond acceptors (Lipinski definition) is 14. The van der Waals surface area contributed by atoms with E-state index >= 15 is 0 Å². The summed E-state index contributed by atoms with van der Waals surface area (Å²) >= 11 is 0. The summed E-state index contributed by atoms with van der Waals surface area (Å²) in [6, 6.07) is 14.7. The highest BCUT2D eigenvalue weighted by atomic mass is 16.8. The highest BCUT2D eigenvalue weighted by molar-refractivity contribution is 6.01. The molecular weight excluding hydrogens is 656 g/mol. The van der Waals surface area contributed by atoms with Crippen LogP contribution < -0.4 is 0 Å². The van der Waals surface area contributed by atoms with Crippen molar-refractivity contribution in [2.75, 3.05) is 0 Å². The first-order chi connectivity index (χ1) is 23.0. The standard InChI is InChI=1S/C36H42O14/c1-31(2,3)47-28(40)25-35(43,29(41)48-32(4,5)6)36(30(42)49-33(7,8)9)24(45-27(39)22-18-14-11-15-19-22)23(34(20-37,46-25)50-36)44-26(38)21-16-12-10-13-17-21/h10-20,23-25,43H,1-9H3/t23-,24-,25-,34+,35-,36+/m1/s1. The van der Waals surface area contributed by atoms with Crippen LogP contribution in [-0.2, 0) is 52.3 Å².